The summed E-state index contributed by atoms with van der Waals surface area (Å²) in [4.78, 5) is 0. The summed E-state index contributed by atoms with van der Waals surface area (Å²) in [7, 11) is 0. The lowest BCUT2D eigenvalue weighted by molar-refractivity contribution is 0.0587. The number of benzene rings is 1. The molecular formula is C27H46. The Kier molecular flexibility index (Phi) is 7.62. The molecule has 0 aromatic heterocycles. The molecule has 0 N–H and O–H groups in total. The third-order valence-electron chi connectivity index (χ3n) is 8.54. The molecule has 0 amide bonds. The first-order chi connectivity index (χ1) is 12.7. The first-order valence-corrected chi connectivity index (χ1v) is 11.7. The van der Waals surface area contributed by atoms with Crippen LogP contribution in [-0.2, 0) is 12.8 Å². The van der Waals surface area contributed by atoms with E-state index < -0.39 is 0 Å². The molecule has 2 aliphatic carbocycles. The van der Waals surface area contributed by atoms with E-state index in [0.717, 1.165) is 23.7 Å². The highest BCUT2D eigenvalue weighted by atomic mass is 14.5. The Bertz CT molecular complexity index is 524. The molecule has 3 rings (SSSR count). The van der Waals surface area contributed by atoms with Gasteiger partial charge in [-0.15, -0.1) is 0 Å². The monoisotopic (exact) mass is 370 g/mol. The minimum Gasteiger partial charge on any atom is -0.0622 e. The van der Waals surface area contributed by atoms with Crippen LogP contribution in [0.15, 0.2) is 24.3 Å². The van der Waals surface area contributed by atoms with Crippen molar-refractivity contribution < 1.29 is 0 Å². The molecule has 1 aromatic rings. The molecule has 0 heteroatoms. The van der Waals surface area contributed by atoms with Crippen molar-refractivity contribution >= 4 is 0 Å². The highest BCUT2D eigenvalue weighted by molar-refractivity contribution is 5.34. The zero-order valence-electron chi connectivity index (χ0n) is 19.6. The second-order valence-corrected chi connectivity index (χ2v) is 10.8. The van der Waals surface area contributed by atoms with Crippen LogP contribution in [0.1, 0.15) is 98.6 Å². The molecule has 0 aliphatic heterocycles. The minimum atomic E-state index is 0.504. The molecule has 1 saturated carbocycles. The summed E-state index contributed by atoms with van der Waals surface area (Å²) in [6.45, 7) is 19.2. The van der Waals surface area contributed by atoms with E-state index in [9.17, 15) is 0 Å². The van der Waals surface area contributed by atoms with Crippen molar-refractivity contribution in [2.75, 3.05) is 0 Å². The van der Waals surface area contributed by atoms with Gasteiger partial charge in [-0.05, 0) is 71.3 Å². The van der Waals surface area contributed by atoms with E-state index in [2.05, 4.69) is 79.7 Å². The first-order valence-electron chi connectivity index (χ1n) is 11.7. The van der Waals surface area contributed by atoms with E-state index in [0.29, 0.717) is 10.8 Å². The number of hydrogen-bond donors (Lipinski definition) is 0. The molecule has 2 aliphatic rings. The van der Waals surface area contributed by atoms with Crippen LogP contribution in [0.2, 0.25) is 0 Å². The number of rotatable bonds is 4. The molecule has 0 radical (unpaired) electrons. The zero-order valence-corrected chi connectivity index (χ0v) is 19.6. The molecule has 154 valence electrons. The van der Waals surface area contributed by atoms with E-state index in [4.69, 9.17) is 0 Å². The van der Waals surface area contributed by atoms with Gasteiger partial charge in [-0.2, -0.15) is 0 Å². The molecule has 0 heterocycles. The van der Waals surface area contributed by atoms with Crippen LogP contribution in [0, 0.1) is 34.5 Å². The average Bonchev–Trinajstić information content (AvgIpc) is 3.04. The van der Waals surface area contributed by atoms with Gasteiger partial charge in [0.2, 0.25) is 0 Å². The van der Waals surface area contributed by atoms with Gasteiger partial charge >= 0.3 is 0 Å². The highest BCUT2D eigenvalue weighted by Crippen LogP contribution is 2.48. The molecule has 0 spiro atoms. The number of fused-ring (bicyclic) bond motifs is 1. The smallest absolute Gasteiger partial charge is 0.0170 e. The van der Waals surface area contributed by atoms with Crippen LogP contribution in [-0.4, -0.2) is 0 Å². The molecule has 0 bridgehead atoms. The minimum absolute atomic E-state index is 0.504. The Morgan fingerprint density at radius 1 is 0.556 bits per heavy atom. The Balaban J connectivity index is 0.000000199. The summed E-state index contributed by atoms with van der Waals surface area (Å²) in [6.07, 6.45) is 9.91. The molecule has 1 fully saturated rings. The van der Waals surface area contributed by atoms with Crippen molar-refractivity contribution in [3.63, 3.8) is 0 Å². The van der Waals surface area contributed by atoms with Crippen LogP contribution in [0.3, 0.4) is 0 Å². The van der Waals surface area contributed by atoms with Crippen molar-refractivity contribution in [1.82, 2.24) is 0 Å². The van der Waals surface area contributed by atoms with Crippen molar-refractivity contribution in [3.05, 3.63) is 35.4 Å². The molecular weight excluding hydrogens is 324 g/mol. The zero-order chi connectivity index (χ0) is 20.2. The van der Waals surface area contributed by atoms with Crippen molar-refractivity contribution in [3.8, 4) is 0 Å². The summed E-state index contributed by atoms with van der Waals surface area (Å²) < 4.78 is 0. The lowest BCUT2D eigenvalue weighted by Crippen LogP contribution is -2.35. The summed E-state index contributed by atoms with van der Waals surface area (Å²) in [6, 6.07) is 8.97. The van der Waals surface area contributed by atoms with Gasteiger partial charge in [-0.25, -0.2) is 0 Å². The summed E-state index contributed by atoms with van der Waals surface area (Å²) in [5, 5.41) is 0. The summed E-state index contributed by atoms with van der Waals surface area (Å²) >= 11 is 0. The van der Waals surface area contributed by atoms with E-state index in [1.165, 1.54) is 44.9 Å². The molecule has 0 unspecified atom stereocenters. The first kappa shape index (κ1) is 22.5. The van der Waals surface area contributed by atoms with Gasteiger partial charge < -0.3 is 0 Å². The lowest BCUT2D eigenvalue weighted by Gasteiger charge is -2.44. The van der Waals surface area contributed by atoms with E-state index >= 15 is 0 Å². The topological polar surface area (TPSA) is 0 Å². The maximum absolute atomic E-state index is 2.41. The third-order valence-corrected chi connectivity index (χ3v) is 8.54. The molecule has 27 heavy (non-hydrogen) atoms. The quantitative estimate of drug-likeness (QED) is 0.499. The van der Waals surface area contributed by atoms with Crippen LogP contribution in [0.5, 0.6) is 0 Å². The fourth-order valence-corrected chi connectivity index (χ4v) is 6.19. The van der Waals surface area contributed by atoms with Crippen molar-refractivity contribution in [2.45, 2.75) is 100 Å². The normalized spacial score (nSPS) is 20.7. The number of hydrogen-bond acceptors (Lipinski definition) is 0. The van der Waals surface area contributed by atoms with Gasteiger partial charge in [0, 0.05) is 0 Å². The van der Waals surface area contributed by atoms with Gasteiger partial charge in [-0.3, -0.25) is 0 Å². The molecule has 0 atom stereocenters. The van der Waals surface area contributed by atoms with Crippen molar-refractivity contribution in [2.24, 2.45) is 34.5 Å². The standard InChI is InChI=1S/C15H22.C12H24/c1-11(2)15(12(3)4)9-13-7-5-6-8-14(13)10-15;1-10(2)12(11(3)4)8-6-5-7-9-12/h5-8,11-12H,9-10H2,1-4H3;10-11H,5-9H2,1-4H3. The van der Waals surface area contributed by atoms with E-state index in [1.54, 1.807) is 11.1 Å². The van der Waals surface area contributed by atoms with E-state index in [-0.39, 0.29) is 0 Å². The van der Waals surface area contributed by atoms with Crippen LogP contribution >= 0.6 is 0 Å². The molecule has 0 saturated heterocycles. The van der Waals surface area contributed by atoms with Crippen LogP contribution < -0.4 is 0 Å². The predicted molar refractivity (Wildman–Crippen MR) is 121 cm³/mol. The highest BCUT2D eigenvalue weighted by Gasteiger charge is 2.42. The fourth-order valence-electron chi connectivity index (χ4n) is 6.19. The summed E-state index contributed by atoms with van der Waals surface area (Å²) in [5.74, 6) is 3.28. The van der Waals surface area contributed by atoms with Gasteiger partial charge in [0.25, 0.3) is 0 Å². The van der Waals surface area contributed by atoms with Crippen LogP contribution in [0.25, 0.3) is 0 Å². The maximum Gasteiger partial charge on any atom is -0.0170 e. The average molecular weight is 371 g/mol. The SMILES string of the molecule is CC(C)C1(C(C)C)CCCCC1.CC(C)C1(C(C)C)Cc2ccccc2C1. The Morgan fingerprint density at radius 2 is 0.926 bits per heavy atom. The molecule has 0 nitrogen and oxygen atoms in total. The Labute approximate surface area is 170 Å². The Hall–Kier alpha value is -0.780. The largest absolute Gasteiger partial charge is 0.0622 e. The second-order valence-electron chi connectivity index (χ2n) is 10.8. The van der Waals surface area contributed by atoms with Crippen molar-refractivity contribution in [1.29, 1.82) is 0 Å². The van der Waals surface area contributed by atoms with Gasteiger partial charge in [-0.1, -0.05) is 98.9 Å². The second kappa shape index (κ2) is 9.15. The van der Waals surface area contributed by atoms with E-state index in [1.807, 2.05) is 0 Å². The lowest BCUT2D eigenvalue weighted by atomic mass is 9.61. The third kappa shape index (κ3) is 4.63. The Morgan fingerprint density at radius 3 is 1.22 bits per heavy atom. The maximum atomic E-state index is 2.41. The summed E-state index contributed by atoms with van der Waals surface area (Å²) in [5.41, 5.74) is 4.35. The predicted octanol–water partition coefficient (Wildman–Crippen LogP) is 8.33. The van der Waals surface area contributed by atoms with Gasteiger partial charge in [0.15, 0.2) is 0 Å². The van der Waals surface area contributed by atoms with Crippen LogP contribution in [0.4, 0.5) is 0 Å². The fraction of sp³-hybridized carbons (Fsp3) is 0.778. The van der Waals surface area contributed by atoms with Gasteiger partial charge in [0.05, 0.1) is 0 Å². The van der Waals surface area contributed by atoms with Gasteiger partial charge in [0.1, 0.15) is 0 Å². The molecule has 1 aromatic carbocycles.